The molecule has 1 aromatic rings. The molecule has 0 unspecified atom stereocenters. The molecule has 6 heteroatoms. The highest BCUT2D eigenvalue weighted by Crippen LogP contribution is 2.11. The molecule has 0 spiro atoms. The molecule has 0 radical (unpaired) electrons. The van der Waals surface area contributed by atoms with Gasteiger partial charge in [0.15, 0.2) is 5.96 Å². The van der Waals surface area contributed by atoms with E-state index in [-0.39, 0.29) is 12.5 Å². The maximum Gasteiger partial charge on any atom is 0.246 e. The van der Waals surface area contributed by atoms with Crippen LogP contribution in [0, 0.1) is 12.3 Å². The maximum absolute atomic E-state index is 12.2. The second kappa shape index (κ2) is 11.2. The van der Waals surface area contributed by atoms with Gasteiger partial charge < -0.3 is 20.9 Å². The average molecular weight is 370 g/mol. The van der Waals surface area contributed by atoms with Gasteiger partial charge in [0.1, 0.15) is 6.54 Å². The van der Waals surface area contributed by atoms with Gasteiger partial charge in [-0.2, -0.15) is 0 Å². The van der Waals surface area contributed by atoms with Crippen molar-refractivity contribution in [2.45, 2.75) is 39.2 Å². The van der Waals surface area contributed by atoms with Crippen LogP contribution in [0.3, 0.4) is 0 Å². The van der Waals surface area contributed by atoms with Gasteiger partial charge in [-0.1, -0.05) is 18.9 Å². The van der Waals surface area contributed by atoms with Gasteiger partial charge in [0.25, 0.3) is 0 Å². The maximum atomic E-state index is 12.2. The van der Waals surface area contributed by atoms with Gasteiger partial charge in [-0.25, -0.2) is 4.99 Å². The van der Waals surface area contributed by atoms with Crippen LogP contribution in [0.1, 0.15) is 38.7 Å². The van der Waals surface area contributed by atoms with Crippen molar-refractivity contribution >= 4 is 17.6 Å². The number of carbonyl (C=O) groups excluding carboxylic acids is 1. The summed E-state index contributed by atoms with van der Waals surface area (Å²) >= 11 is 0. The molecule has 1 aliphatic rings. The van der Waals surface area contributed by atoms with Gasteiger partial charge >= 0.3 is 0 Å². The van der Waals surface area contributed by atoms with E-state index in [0.717, 1.165) is 38.0 Å². The highest BCUT2D eigenvalue weighted by molar-refractivity contribution is 5.94. The summed E-state index contributed by atoms with van der Waals surface area (Å²) in [6.07, 6.45) is 8.77. The zero-order chi connectivity index (χ0) is 19.5. The summed E-state index contributed by atoms with van der Waals surface area (Å²) in [6.45, 7) is 8.44. The van der Waals surface area contributed by atoms with Crippen LogP contribution in [-0.4, -0.2) is 55.5 Å². The standard InChI is InChI=1S/C21H31N5O/c1-4-12-26-13-10-18(11-14-26)25-21(22-6-3)23-16-20(27)24-19-9-7-8-17(5-2)15-19/h2,7-9,15,18H,4,6,10-14,16H2,1,3H3,(H,24,27)(H2,22,23,25). The van der Waals surface area contributed by atoms with Gasteiger partial charge in [0.05, 0.1) is 0 Å². The van der Waals surface area contributed by atoms with Crippen LogP contribution in [0.4, 0.5) is 5.69 Å². The molecule has 0 aromatic heterocycles. The predicted octanol–water partition coefficient (Wildman–Crippen LogP) is 2.04. The van der Waals surface area contributed by atoms with Crippen molar-refractivity contribution in [3.63, 3.8) is 0 Å². The first-order chi connectivity index (χ1) is 13.1. The molecule has 3 N–H and O–H groups in total. The number of guanidine groups is 1. The molecule has 0 atom stereocenters. The fourth-order valence-corrected chi connectivity index (χ4v) is 3.17. The van der Waals surface area contributed by atoms with Gasteiger partial charge in [-0.15, -0.1) is 6.42 Å². The van der Waals surface area contributed by atoms with Crippen LogP contribution in [0.15, 0.2) is 29.3 Å². The van der Waals surface area contributed by atoms with Crippen LogP contribution in [0.5, 0.6) is 0 Å². The normalized spacial score (nSPS) is 15.8. The van der Waals surface area contributed by atoms with Crippen molar-refractivity contribution in [2.24, 2.45) is 4.99 Å². The van der Waals surface area contributed by atoms with E-state index in [9.17, 15) is 4.79 Å². The molecule has 27 heavy (non-hydrogen) atoms. The minimum Gasteiger partial charge on any atom is -0.357 e. The highest BCUT2D eigenvalue weighted by Gasteiger charge is 2.19. The Morgan fingerprint density at radius 1 is 1.33 bits per heavy atom. The zero-order valence-electron chi connectivity index (χ0n) is 16.4. The monoisotopic (exact) mass is 369 g/mol. The summed E-state index contributed by atoms with van der Waals surface area (Å²) in [6, 6.07) is 7.63. The molecule has 1 heterocycles. The Bertz CT molecular complexity index is 671. The van der Waals surface area contributed by atoms with E-state index in [1.54, 1.807) is 6.07 Å². The lowest BCUT2D eigenvalue weighted by atomic mass is 10.1. The lowest BCUT2D eigenvalue weighted by Crippen LogP contribution is -2.49. The van der Waals surface area contributed by atoms with Crippen LogP contribution in [0.25, 0.3) is 0 Å². The van der Waals surface area contributed by atoms with E-state index in [1.165, 1.54) is 13.0 Å². The molecule has 1 aliphatic heterocycles. The van der Waals surface area contributed by atoms with E-state index in [1.807, 2.05) is 25.1 Å². The van der Waals surface area contributed by atoms with Crippen molar-refractivity contribution in [2.75, 3.05) is 38.0 Å². The van der Waals surface area contributed by atoms with Crippen LogP contribution < -0.4 is 16.0 Å². The number of hydrogen-bond acceptors (Lipinski definition) is 3. The fraction of sp³-hybridized carbons (Fsp3) is 0.524. The Hall–Kier alpha value is -2.52. The lowest BCUT2D eigenvalue weighted by Gasteiger charge is -2.32. The number of aliphatic imine (C=N–C) groups is 1. The number of anilines is 1. The molecular formula is C21H31N5O. The second-order valence-corrected chi connectivity index (χ2v) is 6.73. The Morgan fingerprint density at radius 3 is 2.78 bits per heavy atom. The van der Waals surface area contributed by atoms with Crippen molar-refractivity contribution in [3.05, 3.63) is 29.8 Å². The molecule has 0 aliphatic carbocycles. The summed E-state index contributed by atoms with van der Waals surface area (Å²) in [5, 5.41) is 9.52. The van der Waals surface area contributed by atoms with E-state index in [2.05, 4.69) is 38.7 Å². The largest absolute Gasteiger partial charge is 0.357 e. The molecule has 6 nitrogen and oxygen atoms in total. The SMILES string of the molecule is C#Cc1cccc(NC(=O)CN=C(NCC)NC2CCN(CCC)CC2)c1. The lowest BCUT2D eigenvalue weighted by molar-refractivity contribution is -0.114. The van der Waals surface area contributed by atoms with E-state index < -0.39 is 0 Å². The molecule has 0 bridgehead atoms. The van der Waals surface area contributed by atoms with Crippen LogP contribution in [-0.2, 0) is 4.79 Å². The summed E-state index contributed by atoms with van der Waals surface area (Å²) in [4.78, 5) is 19.1. The molecule has 0 saturated carbocycles. The number of rotatable bonds is 7. The van der Waals surface area contributed by atoms with E-state index in [4.69, 9.17) is 6.42 Å². The van der Waals surface area contributed by atoms with Crippen LogP contribution in [0.2, 0.25) is 0 Å². The summed E-state index contributed by atoms with van der Waals surface area (Å²) < 4.78 is 0. The second-order valence-electron chi connectivity index (χ2n) is 6.73. The average Bonchev–Trinajstić information content (AvgIpc) is 2.68. The molecule has 1 saturated heterocycles. The number of nitrogens with zero attached hydrogens (tertiary/aromatic N) is 2. The number of terminal acetylenes is 1. The molecule has 1 amide bonds. The minimum atomic E-state index is -0.167. The molecule has 146 valence electrons. The quantitative estimate of drug-likeness (QED) is 0.391. The molecule has 1 fully saturated rings. The van der Waals surface area contributed by atoms with Crippen molar-refractivity contribution in [3.8, 4) is 12.3 Å². The van der Waals surface area contributed by atoms with E-state index in [0.29, 0.717) is 17.7 Å². The first-order valence-electron chi connectivity index (χ1n) is 9.78. The smallest absolute Gasteiger partial charge is 0.246 e. The third-order valence-electron chi connectivity index (χ3n) is 4.51. The van der Waals surface area contributed by atoms with Gasteiger partial charge in [-0.05, 0) is 50.9 Å². The Balaban J connectivity index is 1.85. The Kier molecular flexibility index (Phi) is 8.66. The topological polar surface area (TPSA) is 68.8 Å². The number of nitrogens with one attached hydrogen (secondary N) is 3. The summed E-state index contributed by atoms with van der Waals surface area (Å²) in [5.74, 6) is 3.09. The van der Waals surface area contributed by atoms with Crippen LogP contribution >= 0.6 is 0 Å². The number of benzene rings is 1. The Labute approximate surface area is 162 Å². The third-order valence-corrected chi connectivity index (χ3v) is 4.51. The molecule has 2 rings (SSSR count). The highest BCUT2D eigenvalue weighted by atomic mass is 16.1. The predicted molar refractivity (Wildman–Crippen MR) is 112 cm³/mol. The first kappa shape index (κ1) is 20.8. The van der Waals surface area contributed by atoms with Gasteiger partial charge in [0, 0.05) is 36.9 Å². The van der Waals surface area contributed by atoms with Gasteiger partial charge in [-0.3, -0.25) is 4.79 Å². The zero-order valence-corrected chi connectivity index (χ0v) is 16.4. The summed E-state index contributed by atoms with van der Waals surface area (Å²) in [7, 11) is 0. The molecule has 1 aromatic carbocycles. The number of amides is 1. The Morgan fingerprint density at radius 2 is 2.11 bits per heavy atom. The minimum absolute atomic E-state index is 0.0598. The van der Waals surface area contributed by atoms with E-state index >= 15 is 0 Å². The van der Waals surface area contributed by atoms with Crippen molar-refractivity contribution < 1.29 is 4.79 Å². The molecular weight excluding hydrogens is 338 g/mol. The number of piperidine rings is 1. The number of hydrogen-bond donors (Lipinski definition) is 3. The number of likely N-dealkylation sites (tertiary alicyclic amines) is 1. The van der Waals surface area contributed by atoms with Crippen molar-refractivity contribution in [1.29, 1.82) is 0 Å². The number of carbonyl (C=O) groups is 1. The first-order valence-corrected chi connectivity index (χ1v) is 9.78. The van der Waals surface area contributed by atoms with Crippen molar-refractivity contribution in [1.82, 2.24) is 15.5 Å². The summed E-state index contributed by atoms with van der Waals surface area (Å²) in [5.41, 5.74) is 1.42. The van der Waals surface area contributed by atoms with Gasteiger partial charge in [0.2, 0.25) is 5.91 Å². The fourth-order valence-electron chi connectivity index (χ4n) is 3.17. The third kappa shape index (κ3) is 7.32.